The molecule has 0 unspecified atom stereocenters. The van der Waals surface area contributed by atoms with E-state index >= 15 is 4.57 Å². The molecule has 5 rings (SSSR count). The number of nitrogens with zero attached hydrogens (tertiary/aromatic N) is 1. The van der Waals surface area contributed by atoms with Crippen molar-refractivity contribution in [2.45, 2.75) is 13.8 Å². The number of aryl methyl sites for hydroxylation is 2. The van der Waals surface area contributed by atoms with Gasteiger partial charge in [-0.3, -0.25) is 8.90 Å². The second-order valence-corrected chi connectivity index (χ2v) is 10.2. The van der Waals surface area contributed by atoms with Crippen molar-refractivity contribution in [3.8, 4) is 0 Å². The van der Waals surface area contributed by atoms with Crippen LogP contribution in [0, 0.1) is 13.8 Å². The third kappa shape index (κ3) is 2.75. The molecule has 0 saturated carbocycles. The number of fused-ring (bicyclic) bond motifs is 3. The number of para-hydroxylation sites is 2. The molecule has 1 aromatic heterocycles. The zero-order chi connectivity index (χ0) is 20.0. The fourth-order valence-electron chi connectivity index (χ4n) is 4.08. The SMILES string of the molecule is Cc1ccc(P(=O)(c2ccc(C)cc2)n2c3ccccc3c3ccccc32)cc1. The van der Waals surface area contributed by atoms with Crippen molar-refractivity contribution < 1.29 is 4.57 Å². The second-order valence-electron chi connectivity index (χ2n) is 7.59. The lowest BCUT2D eigenvalue weighted by molar-refractivity contribution is 0.583. The Hall–Kier alpha value is -3.09. The predicted octanol–water partition coefficient (Wildman–Crippen LogP) is 6.19. The maximum Gasteiger partial charge on any atom is 0.234 e. The topological polar surface area (TPSA) is 22.0 Å². The van der Waals surface area contributed by atoms with Gasteiger partial charge in [-0.1, -0.05) is 71.8 Å². The summed E-state index contributed by atoms with van der Waals surface area (Å²) >= 11 is 0. The van der Waals surface area contributed by atoms with E-state index in [0.717, 1.165) is 43.5 Å². The minimum absolute atomic E-state index is 0.846. The van der Waals surface area contributed by atoms with Crippen LogP contribution in [0.25, 0.3) is 21.8 Å². The van der Waals surface area contributed by atoms with Gasteiger partial charge >= 0.3 is 0 Å². The Balaban J connectivity index is 1.95. The first-order valence-electron chi connectivity index (χ1n) is 9.82. The average Bonchev–Trinajstić information content (AvgIpc) is 3.09. The van der Waals surface area contributed by atoms with Crippen molar-refractivity contribution in [1.29, 1.82) is 0 Å². The van der Waals surface area contributed by atoms with E-state index in [1.54, 1.807) is 0 Å². The lowest BCUT2D eigenvalue weighted by atomic mass is 10.2. The van der Waals surface area contributed by atoms with Gasteiger partial charge in [-0.25, -0.2) is 0 Å². The highest BCUT2D eigenvalue weighted by atomic mass is 31.2. The largest absolute Gasteiger partial charge is 0.290 e. The van der Waals surface area contributed by atoms with Crippen LogP contribution in [-0.2, 0) is 4.57 Å². The van der Waals surface area contributed by atoms with Gasteiger partial charge in [0.1, 0.15) is 0 Å². The van der Waals surface area contributed by atoms with E-state index in [-0.39, 0.29) is 0 Å². The lowest BCUT2D eigenvalue weighted by Gasteiger charge is -2.23. The molecule has 1 heterocycles. The van der Waals surface area contributed by atoms with E-state index in [1.165, 1.54) is 0 Å². The molecule has 3 heteroatoms. The molecule has 5 aromatic rings. The summed E-state index contributed by atoms with van der Waals surface area (Å²) in [4.78, 5) is 0. The third-order valence-electron chi connectivity index (χ3n) is 5.60. The van der Waals surface area contributed by atoms with E-state index < -0.39 is 7.29 Å². The van der Waals surface area contributed by atoms with Crippen molar-refractivity contribution in [3.63, 3.8) is 0 Å². The first-order valence-corrected chi connectivity index (χ1v) is 11.5. The molecule has 29 heavy (non-hydrogen) atoms. The summed E-state index contributed by atoms with van der Waals surface area (Å²) < 4.78 is 17.2. The number of aromatic nitrogens is 1. The Morgan fingerprint density at radius 3 is 1.34 bits per heavy atom. The second kappa shape index (κ2) is 6.76. The Morgan fingerprint density at radius 2 is 0.931 bits per heavy atom. The van der Waals surface area contributed by atoms with Crippen LogP contribution in [0.3, 0.4) is 0 Å². The predicted molar refractivity (Wildman–Crippen MR) is 124 cm³/mol. The zero-order valence-electron chi connectivity index (χ0n) is 16.5. The average molecular weight is 395 g/mol. The molecule has 0 atom stereocenters. The van der Waals surface area contributed by atoms with Gasteiger partial charge in [0.15, 0.2) is 0 Å². The summed E-state index contributed by atoms with van der Waals surface area (Å²) in [6, 6.07) is 32.7. The lowest BCUT2D eigenvalue weighted by Crippen LogP contribution is -2.21. The van der Waals surface area contributed by atoms with Crippen LogP contribution < -0.4 is 10.6 Å². The molecule has 0 spiro atoms. The van der Waals surface area contributed by atoms with E-state index in [4.69, 9.17) is 0 Å². The Labute approximate surface area is 170 Å². The monoisotopic (exact) mass is 395 g/mol. The Morgan fingerprint density at radius 1 is 0.552 bits per heavy atom. The number of rotatable bonds is 3. The zero-order valence-corrected chi connectivity index (χ0v) is 17.4. The van der Waals surface area contributed by atoms with Crippen molar-refractivity contribution >= 4 is 39.7 Å². The standard InChI is InChI=1S/C26H22NOP/c1-19-11-15-21(16-12-19)29(28,22-17-13-20(2)14-18-22)27-25-9-5-3-7-23(25)24-8-4-6-10-26(24)27/h3-18H,1-2H3. The first kappa shape index (κ1) is 18.0. The molecular formula is C26H22NOP. The molecule has 0 saturated heterocycles. The van der Waals surface area contributed by atoms with Crippen LogP contribution in [0.15, 0.2) is 97.1 Å². The highest BCUT2D eigenvalue weighted by Gasteiger charge is 2.32. The van der Waals surface area contributed by atoms with Gasteiger partial charge in [0.25, 0.3) is 0 Å². The molecule has 0 aliphatic carbocycles. The summed E-state index contributed by atoms with van der Waals surface area (Å²) in [6.45, 7) is 4.11. The first-order chi connectivity index (χ1) is 14.1. The molecule has 0 aliphatic heterocycles. The summed E-state index contributed by atoms with van der Waals surface area (Å²) in [5.41, 5.74) is 4.31. The normalized spacial score (nSPS) is 11.9. The highest BCUT2D eigenvalue weighted by Crippen LogP contribution is 2.50. The van der Waals surface area contributed by atoms with Crippen LogP contribution >= 0.6 is 7.29 Å². The minimum atomic E-state index is -3.14. The molecule has 4 aromatic carbocycles. The number of hydrogen-bond donors (Lipinski definition) is 0. The van der Waals surface area contributed by atoms with E-state index in [0.29, 0.717) is 0 Å². The van der Waals surface area contributed by atoms with Crippen molar-refractivity contribution in [2.75, 3.05) is 0 Å². The maximum absolute atomic E-state index is 15.1. The van der Waals surface area contributed by atoms with Gasteiger partial charge in [0.2, 0.25) is 7.29 Å². The Kier molecular flexibility index (Phi) is 4.19. The molecule has 0 fully saturated rings. The Bertz CT molecular complexity index is 1280. The van der Waals surface area contributed by atoms with Crippen LogP contribution in [0.5, 0.6) is 0 Å². The van der Waals surface area contributed by atoms with Gasteiger partial charge < -0.3 is 0 Å². The molecule has 2 nitrogen and oxygen atoms in total. The highest BCUT2D eigenvalue weighted by molar-refractivity contribution is 7.77. The number of hydrogen-bond acceptors (Lipinski definition) is 1. The van der Waals surface area contributed by atoms with E-state index in [1.807, 2.05) is 72.8 Å². The van der Waals surface area contributed by atoms with Gasteiger partial charge in [-0.2, -0.15) is 0 Å². The molecule has 0 bridgehead atoms. The molecular weight excluding hydrogens is 373 g/mol. The van der Waals surface area contributed by atoms with Crippen LogP contribution in [0.2, 0.25) is 0 Å². The summed E-state index contributed by atoms with van der Waals surface area (Å²) in [6.07, 6.45) is 0. The van der Waals surface area contributed by atoms with Gasteiger partial charge in [-0.15, -0.1) is 0 Å². The minimum Gasteiger partial charge on any atom is -0.290 e. The van der Waals surface area contributed by atoms with Gasteiger partial charge in [-0.05, 0) is 50.2 Å². The quantitative estimate of drug-likeness (QED) is 0.334. The van der Waals surface area contributed by atoms with Crippen molar-refractivity contribution in [2.24, 2.45) is 0 Å². The molecule has 142 valence electrons. The van der Waals surface area contributed by atoms with Crippen LogP contribution in [-0.4, -0.2) is 4.34 Å². The summed E-state index contributed by atoms with van der Waals surface area (Å²) in [5.74, 6) is 0. The molecule has 0 radical (unpaired) electrons. The smallest absolute Gasteiger partial charge is 0.234 e. The van der Waals surface area contributed by atoms with Crippen molar-refractivity contribution in [1.82, 2.24) is 4.34 Å². The van der Waals surface area contributed by atoms with Crippen molar-refractivity contribution in [3.05, 3.63) is 108 Å². The third-order valence-corrected chi connectivity index (χ3v) is 8.59. The maximum atomic E-state index is 15.1. The molecule has 0 aliphatic rings. The molecule has 0 amide bonds. The summed E-state index contributed by atoms with van der Waals surface area (Å²) in [7, 11) is -3.14. The summed E-state index contributed by atoms with van der Waals surface area (Å²) in [5, 5.41) is 3.95. The fourth-order valence-corrected chi connectivity index (χ4v) is 6.90. The number of benzene rings is 4. The van der Waals surface area contributed by atoms with Crippen LogP contribution in [0.1, 0.15) is 11.1 Å². The van der Waals surface area contributed by atoms with Gasteiger partial charge in [0.05, 0.1) is 11.0 Å². The van der Waals surface area contributed by atoms with E-state index in [9.17, 15) is 0 Å². The van der Waals surface area contributed by atoms with E-state index in [2.05, 4.69) is 42.5 Å². The molecule has 0 N–H and O–H groups in total. The van der Waals surface area contributed by atoms with Gasteiger partial charge in [0, 0.05) is 21.4 Å². The fraction of sp³-hybridized carbons (Fsp3) is 0.0769. The van der Waals surface area contributed by atoms with Crippen LogP contribution in [0.4, 0.5) is 0 Å².